The number of nitro groups is 1. The minimum atomic E-state index is -0.434. The van der Waals surface area contributed by atoms with E-state index in [-0.39, 0.29) is 5.69 Å². The predicted molar refractivity (Wildman–Crippen MR) is 77.1 cm³/mol. The maximum Gasteiger partial charge on any atom is 0.293 e. The molecular formula is C12H12BrN3O2. The average molecular weight is 310 g/mol. The molecule has 0 unspecified atom stereocenters. The van der Waals surface area contributed by atoms with Gasteiger partial charge in [0.25, 0.3) is 5.69 Å². The van der Waals surface area contributed by atoms with Gasteiger partial charge in [0.05, 0.1) is 4.92 Å². The largest absolute Gasteiger partial charge is 0.374 e. The molecule has 94 valence electrons. The van der Waals surface area contributed by atoms with Gasteiger partial charge in [-0.1, -0.05) is 18.7 Å². The first-order valence-electron chi connectivity index (χ1n) is 5.04. The van der Waals surface area contributed by atoms with Crippen molar-refractivity contribution in [1.29, 1.82) is 0 Å². The second-order valence-corrected chi connectivity index (χ2v) is 4.19. The van der Waals surface area contributed by atoms with Crippen molar-refractivity contribution in [3.8, 4) is 0 Å². The molecule has 0 amide bonds. The summed E-state index contributed by atoms with van der Waals surface area (Å²) in [5.41, 5.74) is 1.23. The zero-order valence-corrected chi connectivity index (χ0v) is 11.2. The average Bonchev–Trinajstić information content (AvgIpc) is 2.35. The minimum Gasteiger partial charge on any atom is -0.374 e. The van der Waals surface area contributed by atoms with E-state index in [4.69, 9.17) is 0 Å². The molecule has 0 spiro atoms. The normalized spacial score (nSPS) is 10.8. The number of benzene rings is 1. The third-order valence-corrected chi connectivity index (χ3v) is 2.84. The Bertz CT molecular complexity index is 512. The van der Waals surface area contributed by atoms with Crippen molar-refractivity contribution in [2.24, 2.45) is 4.99 Å². The monoisotopic (exact) mass is 309 g/mol. The number of nitrogens with zero attached hydrogens (tertiary/aromatic N) is 2. The molecule has 0 aromatic heterocycles. The minimum absolute atomic E-state index is 0.0133. The second-order valence-electron chi connectivity index (χ2n) is 3.34. The van der Waals surface area contributed by atoms with Gasteiger partial charge in [-0.15, -0.1) is 0 Å². The summed E-state index contributed by atoms with van der Waals surface area (Å²) >= 11 is 3.28. The Labute approximate surface area is 113 Å². The number of nitrogens with one attached hydrogen (secondary N) is 1. The van der Waals surface area contributed by atoms with Crippen LogP contribution in [0.3, 0.4) is 0 Å². The van der Waals surface area contributed by atoms with E-state index in [1.54, 1.807) is 24.4 Å². The highest BCUT2D eigenvalue weighted by Gasteiger charge is 2.15. The number of rotatable bonds is 6. The van der Waals surface area contributed by atoms with Gasteiger partial charge in [-0.3, -0.25) is 15.1 Å². The first-order chi connectivity index (χ1) is 8.60. The molecule has 0 fully saturated rings. The number of hydrogen-bond donors (Lipinski definition) is 1. The lowest BCUT2D eigenvalue weighted by Gasteiger charge is -2.09. The van der Waals surface area contributed by atoms with E-state index < -0.39 is 4.92 Å². The van der Waals surface area contributed by atoms with Crippen molar-refractivity contribution in [2.45, 2.75) is 0 Å². The van der Waals surface area contributed by atoms with Gasteiger partial charge in [-0.05, 0) is 34.3 Å². The fraction of sp³-hybridized carbons (Fsp3) is 0.0833. The Balaban J connectivity index is 2.97. The van der Waals surface area contributed by atoms with Crippen LogP contribution in [-0.2, 0) is 0 Å². The van der Waals surface area contributed by atoms with E-state index in [0.29, 0.717) is 16.7 Å². The van der Waals surface area contributed by atoms with Crippen LogP contribution in [0.25, 0.3) is 0 Å². The van der Waals surface area contributed by atoms with Crippen molar-refractivity contribution in [3.63, 3.8) is 0 Å². The summed E-state index contributed by atoms with van der Waals surface area (Å²) in [5, 5.41) is 13.9. The van der Waals surface area contributed by atoms with Crippen LogP contribution in [0, 0.1) is 10.1 Å². The van der Waals surface area contributed by atoms with Crippen LogP contribution in [0.2, 0.25) is 0 Å². The fourth-order valence-electron chi connectivity index (χ4n) is 1.32. The van der Waals surface area contributed by atoms with E-state index in [1.807, 2.05) is 0 Å². The molecule has 0 aliphatic rings. The van der Waals surface area contributed by atoms with Crippen LogP contribution < -0.4 is 5.32 Å². The number of aliphatic imine (C=N–C) groups is 1. The lowest BCUT2D eigenvalue weighted by molar-refractivity contribution is -0.384. The maximum atomic E-state index is 10.9. The molecule has 18 heavy (non-hydrogen) atoms. The summed E-state index contributed by atoms with van der Waals surface area (Å²) in [6, 6.07) is 4.79. The highest BCUT2D eigenvalue weighted by atomic mass is 79.9. The molecule has 1 rings (SSSR count). The van der Waals surface area contributed by atoms with Crippen LogP contribution in [-0.4, -0.2) is 18.2 Å². The Morgan fingerprint density at radius 3 is 2.89 bits per heavy atom. The van der Waals surface area contributed by atoms with E-state index in [9.17, 15) is 10.1 Å². The van der Waals surface area contributed by atoms with E-state index in [2.05, 4.69) is 39.5 Å². The molecule has 6 heteroatoms. The van der Waals surface area contributed by atoms with Crippen LogP contribution in [0.4, 0.5) is 11.4 Å². The van der Waals surface area contributed by atoms with Gasteiger partial charge >= 0.3 is 0 Å². The third-order valence-electron chi connectivity index (χ3n) is 2.18. The van der Waals surface area contributed by atoms with Gasteiger partial charge in [-0.25, -0.2) is 0 Å². The van der Waals surface area contributed by atoms with Gasteiger partial charge < -0.3 is 5.32 Å². The summed E-state index contributed by atoms with van der Waals surface area (Å²) in [6.45, 7) is 7.36. The van der Waals surface area contributed by atoms with Crippen molar-refractivity contribution in [1.82, 2.24) is 0 Å². The molecule has 0 aliphatic carbocycles. The summed E-state index contributed by atoms with van der Waals surface area (Å²) < 4.78 is 0.631. The molecule has 1 aromatic rings. The smallest absolute Gasteiger partial charge is 0.293 e. The Kier molecular flexibility index (Phi) is 5.26. The lowest BCUT2D eigenvalue weighted by atomic mass is 10.2. The summed E-state index contributed by atoms with van der Waals surface area (Å²) in [5.74, 6) is 0. The van der Waals surface area contributed by atoms with Gasteiger partial charge in [0.15, 0.2) is 0 Å². The van der Waals surface area contributed by atoms with Crippen LogP contribution in [0.5, 0.6) is 0 Å². The first kappa shape index (κ1) is 14.1. The Morgan fingerprint density at radius 1 is 1.61 bits per heavy atom. The standard InChI is InChI=1S/C12H12BrN3O2/c1-3-9(7-14-2)8-15-12-10(13)5-4-6-11(12)16(17)18/h3-7,15H,1-2,8H2/b9-7+. The summed E-state index contributed by atoms with van der Waals surface area (Å²) in [4.78, 5) is 14.1. The van der Waals surface area contributed by atoms with Gasteiger partial charge in [0.2, 0.25) is 0 Å². The van der Waals surface area contributed by atoms with Crippen LogP contribution in [0.1, 0.15) is 0 Å². The predicted octanol–water partition coefficient (Wildman–Crippen LogP) is 3.54. The molecule has 0 bridgehead atoms. The first-order valence-corrected chi connectivity index (χ1v) is 5.83. The highest BCUT2D eigenvalue weighted by molar-refractivity contribution is 9.10. The van der Waals surface area contributed by atoms with Crippen LogP contribution >= 0.6 is 15.9 Å². The lowest BCUT2D eigenvalue weighted by Crippen LogP contribution is -2.06. The number of anilines is 1. The number of halogens is 1. The Morgan fingerprint density at radius 2 is 2.33 bits per heavy atom. The molecule has 0 heterocycles. The molecule has 0 aliphatic heterocycles. The molecule has 0 radical (unpaired) electrons. The SMILES string of the molecule is C=C/C(=C\N=C)CNc1c(Br)cccc1[N+](=O)[O-]. The van der Waals surface area contributed by atoms with Crippen LogP contribution in [0.15, 0.2) is 52.1 Å². The molecule has 1 aromatic carbocycles. The van der Waals surface area contributed by atoms with E-state index in [0.717, 1.165) is 5.57 Å². The Hall–Kier alpha value is -1.95. The summed E-state index contributed by atoms with van der Waals surface area (Å²) in [7, 11) is 0. The molecule has 0 saturated carbocycles. The third kappa shape index (κ3) is 3.53. The topological polar surface area (TPSA) is 67.5 Å². The fourth-order valence-corrected chi connectivity index (χ4v) is 1.81. The highest BCUT2D eigenvalue weighted by Crippen LogP contribution is 2.32. The van der Waals surface area contributed by atoms with Crippen molar-refractivity contribution >= 4 is 34.0 Å². The zero-order valence-electron chi connectivity index (χ0n) is 9.60. The maximum absolute atomic E-state index is 10.9. The van der Waals surface area contributed by atoms with Gasteiger partial charge in [0.1, 0.15) is 5.69 Å². The molecule has 0 atom stereocenters. The van der Waals surface area contributed by atoms with E-state index >= 15 is 0 Å². The summed E-state index contributed by atoms with van der Waals surface area (Å²) in [6.07, 6.45) is 3.16. The second kappa shape index (κ2) is 6.70. The molecule has 1 N–H and O–H groups in total. The number of nitro benzene ring substituents is 1. The number of para-hydroxylation sites is 1. The van der Waals surface area contributed by atoms with Gasteiger partial charge in [0, 0.05) is 23.3 Å². The van der Waals surface area contributed by atoms with Crippen molar-refractivity contribution in [3.05, 3.63) is 57.2 Å². The molecule has 5 nitrogen and oxygen atoms in total. The van der Waals surface area contributed by atoms with E-state index in [1.165, 1.54) is 6.07 Å². The van der Waals surface area contributed by atoms with Crippen molar-refractivity contribution < 1.29 is 4.92 Å². The molecular weight excluding hydrogens is 298 g/mol. The van der Waals surface area contributed by atoms with Crippen molar-refractivity contribution in [2.75, 3.05) is 11.9 Å². The number of hydrogen-bond acceptors (Lipinski definition) is 4. The van der Waals surface area contributed by atoms with Gasteiger partial charge in [-0.2, -0.15) is 0 Å². The molecule has 0 saturated heterocycles. The quantitative estimate of drug-likeness (QED) is 0.378. The zero-order chi connectivity index (χ0) is 13.5.